The Kier molecular flexibility index (Phi) is 3.10. The number of hydrogen-bond donors (Lipinski definition) is 2. The molecule has 0 aromatic heterocycles. The molecule has 0 amide bonds. The largest absolute Gasteiger partial charge is 0.356 e. The number of rotatable bonds is 2. The number of hydrogen-bond acceptors (Lipinski definition) is 3. The van der Waals surface area contributed by atoms with E-state index in [0.29, 0.717) is 6.23 Å². The SMILES string of the molecule is CC1(C)CNC(CC2CCNCC2)O1. The first kappa shape index (κ1) is 10.4. The highest BCUT2D eigenvalue weighted by Crippen LogP contribution is 2.24. The number of ether oxygens (including phenoxy) is 1. The highest BCUT2D eigenvalue weighted by atomic mass is 16.5. The summed E-state index contributed by atoms with van der Waals surface area (Å²) in [4.78, 5) is 0. The van der Waals surface area contributed by atoms with Crippen LogP contribution in [0, 0.1) is 5.92 Å². The Hall–Kier alpha value is -0.120. The van der Waals surface area contributed by atoms with Crippen LogP contribution in [0.25, 0.3) is 0 Å². The lowest BCUT2D eigenvalue weighted by Crippen LogP contribution is -2.32. The minimum absolute atomic E-state index is 0.0393. The standard InChI is InChI=1S/C11H22N2O/c1-11(2)8-13-10(14-11)7-9-3-5-12-6-4-9/h9-10,12-13H,3-8H2,1-2H3. The van der Waals surface area contributed by atoms with Crippen molar-refractivity contribution in [2.75, 3.05) is 19.6 Å². The molecule has 0 aliphatic carbocycles. The Balaban J connectivity index is 1.75. The lowest BCUT2D eigenvalue weighted by atomic mass is 9.94. The molecule has 2 rings (SSSR count). The molecule has 1 unspecified atom stereocenters. The summed E-state index contributed by atoms with van der Waals surface area (Å²) in [6.07, 6.45) is 4.10. The van der Waals surface area contributed by atoms with Crippen molar-refractivity contribution >= 4 is 0 Å². The van der Waals surface area contributed by atoms with Crippen LogP contribution in [0.1, 0.15) is 33.1 Å². The lowest BCUT2D eigenvalue weighted by Gasteiger charge is -2.25. The molecule has 3 heteroatoms. The molecule has 0 aromatic rings. The van der Waals surface area contributed by atoms with Crippen LogP contribution in [0.2, 0.25) is 0 Å². The third kappa shape index (κ3) is 2.69. The first-order valence-electron chi connectivity index (χ1n) is 5.78. The highest BCUT2D eigenvalue weighted by molar-refractivity contribution is 4.83. The molecule has 2 saturated heterocycles. The zero-order valence-corrected chi connectivity index (χ0v) is 9.31. The van der Waals surface area contributed by atoms with Crippen molar-refractivity contribution in [3.63, 3.8) is 0 Å². The molecule has 1 atom stereocenters. The van der Waals surface area contributed by atoms with E-state index >= 15 is 0 Å². The maximum absolute atomic E-state index is 5.92. The minimum Gasteiger partial charge on any atom is -0.356 e. The quantitative estimate of drug-likeness (QED) is 0.697. The van der Waals surface area contributed by atoms with Crippen molar-refractivity contribution in [3.05, 3.63) is 0 Å². The van der Waals surface area contributed by atoms with Gasteiger partial charge in [-0.25, -0.2) is 0 Å². The van der Waals surface area contributed by atoms with Gasteiger partial charge < -0.3 is 10.1 Å². The van der Waals surface area contributed by atoms with E-state index < -0.39 is 0 Å². The average Bonchev–Trinajstić information content (AvgIpc) is 2.47. The van der Waals surface area contributed by atoms with Crippen molar-refractivity contribution in [1.82, 2.24) is 10.6 Å². The van der Waals surface area contributed by atoms with E-state index in [2.05, 4.69) is 24.5 Å². The Morgan fingerprint density at radius 2 is 2.00 bits per heavy atom. The zero-order chi connectivity index (χ0) is 10.0. The first-order valence-corrected chi connectivity index (χ1v) is 5.78. The van der Waals surface area contributed by atoms with E-state index in [-0.39, 0.29) is 5.60 Å². The third-order valence-electron chi connectivity index (χ3n) is 3.22. The number of nitrogens with one attached hydrogen (secondary N) is 2. The molecular weight excluding hydrogens is 176 g/mol. The Labute approximate surface area is 86.6 Å². The molecule has 0 bridgehead atoms. The third-order valence-corrected chi connectivity index (χ3v) is 3.22. The van der Waals surface area contributed by atoms with Gasteiger partial charge in [-0.15, -0.1) is 0 Å². The van der Waals surface area contributed by atoms with Crippen molar-refractivity contribution in [2.24, 2.45) is 5.92 Å². The van der Waals surface area contributed by atoms with Gasteiger partial charge in [-0.3, -0.25) is 5.32 Å². The fourth-order valence-electron chi connectivity index (χ4n) is 2.38. The van der Waals surface area contributed by atoms with Gasteiger partial charge in [0.25, 0.3) is 0 Å². The first-order chi connectivity index (χ1) is 6.66. The van der Waals surface area contributed by atoms with E-state index in [1.165, 1.54) is 32.4 Å². The second kappa shape index (κ2) is 4.17. The van der Waals surface area contributed by atoms with E-state index in [0.717, 1.165) is 12.5 Å². The summed E-state index contributed by atoms with van der Waals surface area (Å²) in [6.45, 7) is 7.66. The molecule has 2 fully saturated rings. The molecular formula is C11H22N2O. The van der Waals surface area contributed by atoms with Crippen molar-refractivity contribution < 1.29 is 4.74 Å². The van der Waals surface area contributed by atoms with Gasteiger partial charge in [0.1, 0.15) is 6.23 Å². The number of piperidine rings is 1. The van der Waals surface area contributed by atoms with E-state index in [1.807, 2.05) is 0 Å². The van der Waals surface area contributed by atoms with Crippen LogP contribution in [0.4, 0.5) is 0 Å². The summed E-state index contributed by atoms with van der Waals surface area (Å²) in [5, 5.41) is 6.85. The minimum atomic E-state index is 0.0393. The molecule has 0 spiro atoms. The van der Waals surface area contributed by atoms with E-state index in [9.17, 15) is 0 Å². The van der Waals surface area contributed by atoms with Crippen LogP contribution < -0.4 is 10.6 Å². The summed E-state index contributed by atoms with van der Waals surface area (Å²) < 4.78 is 5.92. The van der Waals surface area contributed by atoms with Crippen LogP contribution >= 0.6 is 0 Å². The monoisotopic (exact) mass is 198 g/mol. The summed E-state index contributed by atoms with van der Waals surface area (Å²) >= 11 is 0. The second-order valence-electron chi connectivity index (χ2n) is 5.18. The maximum Gasteiger partial charge on any atom is 0.109 e. The molecule has 2 aliphatic rings. The molecule has 2 aliphatic heterocycles. The molecule has 82 valence electrons. The summed E-state index contributed by atoms with van der Waals surface area (Å²) in [5.74, 6) is 0.850. The van der Waals surface area contributed by atoms with Crippen LogP contribution in [0.3, 0.4) is 0 Å². The van der Waals surface area contributed by atoms with Crippen LogP contribution in [-0.2, 0) is 4.74 Å². The normalized spacial score (nSPS) is 33.4. The Morgan fingerprint density at radius 3 is 2.57 bits per heavy atom. The van der Waals surface area contributed by atoms with Gasteiger partial charge in [-0.2, -0.15) is 0 Å². The van der Waals surface area contributed by atoms with E-state index in [1.54, 1.807) is 0 Å². The predicted molar refractivity (Wildman–Crippen MR) is 57.2 cm³/mol. The zero-order valence-electron chi connectivity index (χ0n) is 9.31. The Bertz CT molecular complexity index is 188. The van der Waals surface area contributed by atoms with Gasteiger partial charge in [0.15, 0.2) is 0 Å². The van der Waals surface area contributed by atoms with Gasteiger partial charge in [-0.05, 0) is 52.1 Å². The topological polar surface area (TPSA) is 33.3 Å². The molecule has 0 radical (unpaired) electrons. The Morgan fingerprint density at radius 1 is 1.29 bits per heavy atom. The fourth-order valence-corrected chi connectivity index (χ4v) is 2.38. The van der Waals surface area contributed by atoms with Crippen molar-refractivity contribution in [1.29, 1.82) is 0 Å². The molecule has 2 heterocycles. The van der Waals surface area contributed by atoms with E-state index in [4.69, 9.17) is 4.74 Å². The van der Waals surface area contributed by atoms with Gasteiger partial charge in [0.2, 0.25) is 0 Å². The molecule has 14 heavy (non-hydrogen) atoms. The van der Waals surface area contributed by atoms with Crippen molar-refractivity contribution in [3.8, 4) is 0 Å². The fraction of sp³-hybridized carbons (Fsp3) is 1.00. The van der Waals surface area contributed by atoms with Gasteiger partial charge in [-0.1, -0.05) is 0 Å². The lowest BCUT2D eigenvalue weighted by molar-refractivity contribution is -0.0262. The molecule has 2 N–H and O–H groups in total. The van der Waals surface area contributed by atoms with Crippen molar-refractivity contribution in [2.45, 2.75) is 44.9 Å². The highest BCUT2D eigenvalue weighted by Gasteiger charge is 2.32. The average molecular weight is 198 g/mol. The second-order valence-corrected chi connectivity index (χ2v) is 5.18. The van der Waals surface area contributed by atoms with Gasteiger partial charge >= 0.3 is 0 Å². The predicted octanol–water partition coefficient (Wildman–Crippen LogP) is 1.10. The van der Waals surface area contributed by atoms with Crippen LogP contribution in [-0.4, -0.2) is 31.5 Å². The summed E-state index contributed by atoms with van der Waals surface area (Å²) in [5.41, 5.74) is 0.0393. The molecule has 0 aromatic carbocycles. The maximum atomic E-state index is 5.92. The van der Waals surface area contributed by atoms with Gasteiger partial charge in [0, 0.05) is 6.54 Å². The molecule has 3 nitrogen and oxygen atoms in total. The summed E-state index contributed by atoms with van der Waals surface area (Å²) in [7, 11) is 0. The van der Waals surface area contributed by atoms with Crippen LogP contribution in [0.15, 0.2) is 0 Å². The van der Waals surface area contributed by atoms with Gasteiger partial charge in [0.05, 0.1) is 5.60 Å². The van der Waals surface area contributed by atoms with Crippen LogP contribution in [0.5, 0.6) is 0 Å². The molecule has 0 saturated carbocycles. The summed E-state index contributed by atoms with van der Waals surface area (Å²) in [6, 6.07) is 0. The smallest absolute Gasteiger partial charge is 0.109 e.